The second kappa shape index (κ2) is 8.57. The van der Waals surface area contributed by atoms with Gasteiger partial charge >= 0.3 is 0 Å². The zero-order chi connectivity index (χ0) is 12.3. The fourth-order valence-corrected chi connectivity index (χ4v) is 1.57. The molecule has 0 saturated heterocycles. The molecule has 0 bridgehead atoms. The fourth-order valence-electron chi connectivity index (χ4n) is 1.57. The van der Waals surface area contributed by atoms with Crippen LogP contribution in [0.3, 0.4) is 0 Å². The maximum Gasteiger partial charge on any atom is 0.152 e. The second-order valence-corrected chi connectivity index (χ2v) is 3.95. The van der Waals surface area contributed by atoms with Crippen molar-refractivity contribution in [1.82, 2.24) is 0 Å². The summed E-state index contributed by atoms with van der Waals surface area (Å²) in [6.45, 7) is 5.82. The first-order valence-corrected chi connectivity index (χ1v) is 6.22. The molecular formula is C15H21NO. The molecule has 0 saturated carbocycles. The molecule has 17 heavy (non-hydrogen) atoms. The van der Waals surface area contributed by atoms with Crippen molar-refractivity contribution in [3.8, 4) is 0 Å². The molecule has 1 aromatic rings. The SMILES string of the molecule is C=CCC/C=N/O[C@@H](CCC)c1ccccc1. The van der Waals surface area contributed by atoms with Crippen molar-refractivity contribution in [3.63, 3.8) is 0 Å². The van der Waals surface area contributed by atoms with E-state index in [0.717, 1.165) is 25.7 Å². The minimum absolute atomic E-state index is 0.0705. The number of unbranched alkanes of at least 4 members (excludes halogenated alkanes) is 1. The van der Waals surface area contributed by atoms with Gasteiger partial charge in [-0.3, -0.25) is 0 Å². The largest absolute Gasteiger partial charge is 0.388 e. The van der Waals surface area contributed by atoms with Gasteiger partial charge < -0.3 is 4.84 Å². The Hall–Kier alpha value is -1.57. The molecule has 0 aliphatic rings. The molecule has 0 unspecified atom stereocenters. The standard InChI is InChI=1S/C15H21NO/c1-3-5-9-13-16-17-15(10-4-2)14-11-7-6-8-12-14/h3,6-8,11-13,15H,1,4-5,9-10H2,2H3/b16-13+/t15-/m0/s1. The number of hydrogen-bond acceptors (Lipinski definition) is 2. The van der Waals surface area contributed by atoms with Crippen LogP contribution in [-0.2, 0) is 4.84 Å². The van der Waals surface area contributed by atoms with Gasteiger partial charge in [-0.2, -0.15) is 0 Å². The zero-order valence-electron chi connectivity index (χ0n) is 10.5. The molecule has 1 rings (SSSR count). The van der Waals surface area contributed by atoms with Crippen LogP contribution in [0.1, 0.15) is 44.3 Å². The van der Waals surface area contributed by atoms with Crippen molar-refractivity contribution in [2.75, 3.05) is 0 Å². The number of nitrogens with zero attached hydrogens (tertiary/aromatic N) is 1. The zero-order valence-corrected chi connectivity index (χ0v) is 10.5. The van der Waals surface area contributed by atoms with Crippen LogP contribution in [0, 0.1) is 0 Å². The molecule has 0 amide bonds. The van der Waals surface area contributed by atoms with Crippen molar-refractivity contribution < 1.29 is 4.84 Å². The van der Waals surface area contributed by atoms with Crippen LogP contribution in [0.15, 0.2) is 48.1 Å². The first kappa shape index (κ1) is 13.5. The molecule has 1 atom stereocenters. The van der Waals surface area contributed by atoms with Crippen LogP contribution in [0.25, 0.3) is 0 Å². The van der Waals surface area contributed by atoms with Crippen molar-refractivity contribution in [3.05, 3.63) is 48.6 Å². The monoisotopic (exact) mass is 231 g/mol. The van der Waals surface area contributed by atoms with Crippen LogP contribution in [0.5, 0.6) is 0 Å². The Balaban J connectivity index is 2.49. The number of hydrogen-bond donors (Lipinski definition) is 0. The first-order chi connectivity index (χ1) is 8.38. The summed E-state index contributed by atoms with van der Waals surface area (Å²) >= 11 is 0. The molecule has 2 heteroatoms. The lowest BCUT2D eigenvalue weighted by Gasteiger charge is -2.14. The first-order valence-electron chi connectivity index (χ1n) is 6.22. The predicted octanol–water partition coefficient (Wildman–Crippen LogP) is 4.50. The second-order valence-electron chi connectivity index (χ2n) is 3.95. The normalized spacial score (nSPS) is 12.5. The van der Waals surface area contributed by atoms with Crippen LogP contribution in [0.4, 0.5) is 0 Å². The van der Waals surface area contributed by atoms with Gasteiger partial charge in [0, 0.05) is 6.21 Å². The van der Waals surface area contributed by atoms with E-state index < -0.39 is 0 Å². The van der Waals surface area contributed by atoms with Gasteiger partial charge in [-0.1, -0.05) is 54.9 Å². The van der Waals surface area contributed by atoms with Gasteiger partial charge in [0.05, 0.1) is 0 Å². The maximum atomic E-state index is 5.55. The summed E-state index contributed by atoms with van der Waals surface area (Å²) in [7, 11) is 0. The Bertz CT molecular complexity index is 332. The molecule has 0 N–H and O–H groups in total. The van der Waals surface area contributed by atoms with E-state index in [1.807, 2.05) is 30.5 Å². The summed E-state index contributed by atoms with van der Waals surface area (Å²) in [5, 5.41) is 4.03. The molecule has 2 nitrogen and oxygen atoms in total. The summed E-state index contributed by atoms with van der Waals surface area (Å²) in [4.78, 5) is 5.55. The minimum atomic E-state index is 0.0705. The van der Waals surface area contributed by atoms with Crippen molar-refractivity contribution in [2.24, 2.45) is 5.16 Å². The van der Waals surface area contributed by atoms with Crippen molar-refractivity contribution >= 4 is 6.21 Å². The van der Waals surface area contributed by atoms with Gasteiger partial charge in [-0.05, 0) is 24.8 Å². The average Bonchev–Trinajstić information content (AvgIpc) is 2.38. The third kappa shape index (κ3) is 5.34. The summed E-state index contributed by atoms with van der Waals surface area (Å²) in [6.07, 6.45) is 7.67. The fraction of sp³-hybridized carbons (Fsp3) is 0.400. The molecule has 1 aromatic carbocycles. The maximum absolute atomic E-state index is 5.55. The van der Waals surface area contributed by atoms with E-state index in [9.17, 15) is 0 Å². The van der Waals surface area contributed by atoms with Gasteiger partial charge in [0.1, 0.15) is 0 Å². The summed E-state index contributed by atoms with van der Waals surface area (Å²) in [6, 6.07) is 10.2. The van der Waals surface area contributed by atoms with E-state index in [2.05, 4.69) is 30.8 Å². The van der Waals surface area contributed by atoms with Gasteiger partial charge in [-0.15, -0.1) is 6.58 Å². The number of oxime groups is 1. The van der Waals surface area contributed by atoms with Gasteiger partial charge in [0.25, 0.3) is 0 Å². The van der Waals surface area contributed by atoms with Crippen LogP contribution >= 0.6 is 0 Å². The molecule has 0 aliphatic carbocycles. The molecule has 0 heterocycles. The third-order valence-electron chi connectivity index (χ3n) is 2.48. The molecule has 0 fully saturated rings. The minimum Gasteiger partial charge on any atom is -0.388 e. The van der Waals surface area contributed by atoms with E-state index in [4.69, 9.17) is 4.84 Å². The van der Waals surface area contributed by atoms with Crippen molar-refractivity contribution in [2.45, 2.75) is 38.7 Å². The van der Waals surface area contributed by atoms with Gasteiger partial charge in [0.15, 0.2) is 6.10 Å². The van der Waals surface area contributed by atoms with Crippen LogP contribution in [-0.4, -0.2) is 6.21 Å². The van der Waals surface area contributed by atoms with E-state index in [-0.39, 0.29) is 6.10 Å². The quantitative estimate of drug-likeness (QED) is 0.279. The number of rotatable bonds is 8. The highest BCUT2D eigenvalue weighted by Gasteiger charge is 2.10. The molecule has 0 radical (unpaired) electrons. The summed E-state index contributed by atoms with van der Waals surface area (Å²) in [5.74, 6) is 0. The highest BCUT2D eigenvalue weighted by atomic mass is 16.6. The van der Waals surface area contributed by atoms with E-state index >= 15 is 0 Å². The topological polar surface area (TPSA) is 21.6 Å². The molecule has 0 aliphatic heterocycles. The van der Waals surface area contributed by atoms with E-state index in [0.29, 0.717) is 0 Å². The summed E-state index contributed by atoms with van der Waals surface area (Å²) < 4.78 is 0. The Morgan fingerprint density at radius 1 is 1.29 bits per heavy atom. The summed E-state index contributed by atoms with van der Waals surface area (Å²) in [5.41, 5.74) is 1.19. The lowest BCUT2D eigenvalue weighted by molar-refractivity contribution is 0.0523. The average molecular weight is 231 g/mol. The third-order valence-corrected chi connectivity index (χ3v) is 2.48. The smallest absolute Gasteiger partial charge is 0.152 e. The molecule has 0 spiro atoms. The van der Waals surface area contributed by atoms with E-state index in [1.165, 1.54) is 5.56 Å². The predicted molar refractivity (Wildman–Crippen MR) is 73.1 cm³/mol. The Morgan fingerprint density at radius 2 is 2.06 bits per heavy atom. The van der Waals surface area contributed by atoms with Crippen molar-refractivity contribution in [1.29, 1.82) is 0 Å². The Morgan fingerprint density at radius 3 is 2.71 bits per heavy atom. The van der Waals surface area contributed by atoms with Gasteiger partial charge in [-0.25, -0.2) is 0 Å². The highest BCUT2D eigenvalue weighted by Crippen LogP contribution is 2.22. The molecule has 0 aromatic heterocycles. The Kier molecular flexibility index (Phi) is 6.80. The number of benzene rings is 1. The number of allylic oxidation sites excluding steroid dienone is 1. The molecular weight excluding hydrogens is 210 g/mol. The molecule has 92 valence electrons. The highest BCUT2D eigenvalue weighted by molar-refractivity contribution is 5.56. The van der Waals surface area contributed by atoms with Crippen LogP contribution in [0.2, 0.25) is 0 Å². The van der Waals surface area contributed by atoms with Gasteiger partial charge in [0.2, 0.25) is 0 Å². The lowest BCUT2D eigenvalue weighted by atomic mass is 10.1. The van der Waals surface area contributed by atoms with Crippen LogP contribution < -0.4 is 0 Å². The van der Waals surface area contributed by atoms with E-state index in [1.54, 1.807) is 0 Å². The Labute approximate surface area is 104 Å². The lowest BCUT2D eigenvalue weighted by Crippen LogP contribution is -2.00.